The Bertz CT molecular complexity index is 741. The summed E-state index contributed by atoms with van der Waals surface area (Å²) in [6.45, 7) is -0.544. The van der Waals surface area contributed by atoms with Crippen LogP contribution in [0.1, 0.15) is 12.6 Å². The van der Waals surface area contributed by atoms with Crippen molar-refractivity contribution in [2.45, 2.75) is 24.9 Å². The second-order valence-electron chi connectivity index (χ2n) is 4.53. The molecule has 0 bridgehead atoms. The minimum Gasteiger partial charge on any atom is -0.394 e. The largest absolute Gasteiger partial charge is 0.394 e. The fraction of sp³-hybridized carbons (Fsp3) is 0.600. The molecule has 118 valence electrons. The Hall–Kier alpha value is -1.56. The molecule has 0 amide bonds. The molecule has 2 heterocycles. The van der Waals surface area contributed by atoms with E-state index in [9.17, 15) is 22.4 Å². The van der Waals surface area contributed by atoms with E-state index in [0.717, 1.165) is 10.8 Å². The first-order valence-corrected chi connectivity index (χ1v) is 7.68. The van der Waals surface area contributed by atoms with Gasteiger partial charge in [0.25, 0.3) is 15.7 Å². The molecule has 0 saturated carbocycles. The van der Waals surface area contributed by atoms with Gasteiger partial charge >= 0.3 is 5.69 Å². The molecule has 0 radical (unpaired) electrons. The first-order valence-electron chi connectivity index (χ1n) is 5.87. The summed E-state index contributed by atoms with van der Waals surface area (Å²) in [5.41, 5.74) is -2.08. The van der Waals surface area contributed by atoms with Crippen molar-refractivity contribution in [3.05, 3.63) is 32.9 Å². The standard InChI is InChI=1S/C10H13FN2O7S/c1-21(17,18)20-6-2-8(19-7(6)4-14)13-3-5(11)9(15)12-10(13)16/h3,6-8,14H,2,4H2,1H3,(H,12,15,16)/t6-,7+,8+/m0/s1. The van der Waals surface area contributed by atoms with Crippen molar-refractivity contribution in [3.8, 4) is 0 Å². The van der Waals surface area contributed by atoms with E-state index in [1.54, 1.807) is 4.98 Å². The molecule has 2 rings (SSSR count). The van der Waals surface area contributed by atoms with E-state index in [0.29, 0.717) is 6.20 Å². The van der Waals surface area contributed by atoms with E-state index in [1.165, 1.54) is 0 Å². The lowest BCUT2D eigenvalue weighted by Crippen LogP contribution is -2.34. The number of H-pyrrole nitrogens is 1. The summed E-state index contributed by atoms with van der Waals surface area (Å²) in [5.74, 6) is -1.19. The van der Waals surface area contributed by atoms with Crippen molar-refractivity contribution in [2.24, 2.45) is 0 Å². The van der Waals surface area contributed by atoms with E-state index in [-0.39, 0.29) is 6.42 Å². The van der Waals surface area contributed by atoms with Gasteiger partial charge in [0.05, 0.1) is 19.1 Å². The number of aromatic amines is 1. The molecule has 0 aromatic carbocycles. The summed E-state index contributed by atoms with van der Waals surface area (Å²) in [6, 6.07) is 0. The fourth-order valence-corrected chi connectivity index (χ4v) is 2.69. The molecular weight excluding hydrogens is 311 g/mol. The summed E-state index contributed by atoms with van der Waals surface area (Å²) in [7, 11) is -3.79. The molecule has 1 saturated heterocycles. The van der Waals surface area contributed by atoms with Gasteiger partial charge in [0, 0.05) is 6.42 Å². The molecule has 0 spiro atoms. The maximum atomic E-state index is 13.2. The summed E-state index contributed by atoms with van der Waals surface area (Å²) >= 11 is 0. The molecule has 1 fully saturated rings. The van der Waals surface area contributed by atoms with E-state index >= 15 is 0 Å². The molecule has 11 heteroatoms. The summed E-state index contributed by atoms with van der Waals surface area (Å²) in [6.07, 6.45) is -1.69. The second-order valence-corrected chi connectivity index (χ2v) is 6.13. The fourth-order valence-electron chi connectivity index (χ4n) is 2.04. The Balaban J connectivity index is 2.29. The Morgan fingerprint density at radius 3 is 2.81 bits per heavy atom. The number of aliphatic hydroxyl groups excluding tert-OH is 1. The number of ether oxygens (including phenoxy) is 1. The maximum absolute atomic E-state index is 13.2. The van der Waals surface area contributed by atoms with Gasteiger partial charge < -0.3 is 9.84 Å². The van der Waals surface area contributed by atoms with Crippen LogP contribution >= 0.6 is 0 Å². The quantitative estimate of drug-likeness (QED) is 0.632. The Morgan fingerprint density at radius 1 is 1.57 bits per heavy atom. The monoisotopic (exact) mass is 324 g/mol. The van der Waals surface area contributed by atoms with Crippen LogP contribution in [0.25, 0.3) is 0 Å². The van der Waals surface area contributed by atoms with Crippen LogP contribution in [0.2, 0.25) is 0 Å². The highest BCUT2D eigenvalue weighted by atomic mass is 32.2. The lowest BCUT2D eigenvalue weighted by atomic mass is 10.2. The number of aliphatic hydroxyl groups is 1. The molecule has 1 aliphatic rings. The van der Waals surface area contributed by atoms with Crippen molar-refractivity contribution in [1.82, 2.24) is 9.55 Å². The number of aromatic nitrogens is 2. The zero-order valence-electron chi connectivity index (χ0n) is 10.9. The molecule has 1 aromatic rings. The zero-order chi connectivity index (χ0) is 15.8. The molecule has 1 aromatic heterocycles. The van der Waals surface area contributed by atoms with Crippen LogP contribution < -0.4 is 11.2 Å². The molecule has 0 unspecified atom stereocenters. The first kappa shape index (κ1) is 15.8. The van der Waals surface area contributed by atoms with Crippen molar-refractivity contribution >= 4 is 10.1 Å². The molecule has 1 aliphatic heterocycles. The van der Waals surface area contributed by atoms with Crippen molar-refractivity contribution in [1.29, 1.82) is 0 Å². The summed E-state index contributed by atoms with van der Waals surface area (Å²) < 4.78 is 46.3. The predicted octanol–water partition coefficient (Wildman–Crippen LogP) is -1.70. The van der Waals surface area contributed by atoms with Crippen molar-refractivity contribution in [3.63, 3.8) is 0 Å². The normalized spacial score (nSPS) is 26.1. The van der Waals surface area contributed by atoms with Gasteiger partial charge in [0.2, 0.25) is 5.82 Å². The molecule has 3 atom stereocenters. The van der Waals surface area contributed by atoms with Crippen molar-refractivity contribution in [2.75, 3.05) is 12.9 Å². The van der Waals surface area contributed by atoms with Crippen LogP contribution in [0.3, 0.4) is 0 Å². The Kier molecular flexibility index (Phi) is 4.27. The van der Waals surface area contributed by atoms with E-state index < -0.39 is 52.2 Å². The number of nitrogens with one attached hydrogen (secondary N) is 1. The number of halogens is 1. The zero-order valence-corrected chi connectivity index (χ0v) is 11.7. The topological polar surface area (TPSA) is 128 Å². The SMILES string of the molecule is CS(=O)(=O)O[C@H]1C[C@H](n2cc(F)c(=O)[nH]c2=O)O[C@@H]1CO. The molecule has 9 nitrogen and oxygen atoms in total. The van der Waals surface area contributed by atoms with Crippen LogP contribution in [0.5, 0.6) is 0 Å². The number of hydrogen-bond donors (Lipinski definition) is 2. The second kappa shape index (κ2) is 5.67. The third-order valence-corrected chi connectivity index (χ3v) is 3.49. The van der Waals surface area contributed by atoms with Crippen molar-refractivity contribution < 1.29 is 26.8 Å². The summed E-state index contributed by atoms with van der Waals surface area (Å²) in [5, 5.41) is 9.15. The number of rotatable bonds is 4. The van der Waals surface area contributed by atoms with E-state index in [4.69, 9.17) is 14.0 Å². The van der Waals surface area contributed by atoms with Crippen LogP contribution in [0.15, 0.2) is 15.8 Å². The average Bonchev–Trinajstić information content (AvgIpc) is 2.74. The first-order chi connectivity index (χ1) is 9.71. The molecule has 2 N–H and O–H groups in total. The van der Waals surface area contributed by atoms with Gasteiger partial charge in [0.1, 0.15) is 18.4 Å². The average molecular weight is 324 g/mol. The van der Waals surface area contributed by atoms with Gasteiger partial charge in [0.15, 0.2) is 0 Å². The summed E-state index contributed by atoms with van der Waals surface area (Å²) in [4.78, 5) is 24.3. The maximum Gasteiger partial charge on any atom is 0.330 e. The highest BCUT2D eigenvalue weighted by Gasteiger charge is 2.39. The minimum absolute atomic E-state index is 0.107. The van der Waals surface area contributed by atoms with Crippen LogP contribution in [-0.2, 0) is 19.0 Å². The smallest absolute Gasteiger partial charge is 0.330 e. The Morgan fingerprint density at radius 2 is 2.24 bits per heavy atom. The van der Waals surface area contributed by atoms with Gasteiger partial charge in [-0.25, -0.2) is 4.79 Å². The van der Waals surface area contributed by atoms with E-state index in [1.807, 2.05) is 0 Å². The Labute approximate surface area is 118 Å². The highest BCUT2D eigenvalue weighted by Crippen LogP contribution is 2.30. The van der Waals surface area contributed by atoms with Gasteiger partial charge in [-0.3, -0.25) is 18.5 Å². The third kappa shape index (κ3) is 3.56. The van der Waals surface area contributed by atoms with E-state index in [2.05, 4.69) is 0 Å². The molecule has 0 aliphatic carbocycles. The molecule has 21 heavy (non-hydrogen) atoms. The van der Waals surface area contributed by atoms with Crippen LogP contribution in [0, 0.1) is 5.82 Å². The van der Waals surface area contributed by atoms with Crippen LogP contribution in [-0.4, -0.2) is 48.1 Å². The lowest BCUT2D eigenvalue weighted by molar-refractivity contribution is -0.0416. The van der Waals surface area contributed by atoms with Crippen LogP contribution in [0.4, 0.5) is 4.39 Å². The predicted molar refractivity (Wildman–Crippen MR) is 66.6 cm³/mol. The highest BCUT2D eigenvalue weighted by molar-refractivity contribution is 7.86. The minimum atomic E-state index is -3.79. The number of nitrogens with zero attached hydrogens (tertiary/aromatic N) is 1. The van der Waals surface area contributed by atoms with Gasteiger partial charge in [-0.05, 0) is 0 Å². The third-order valence-electron chi connectivity index (χ3n) is 2.89. The van der Waals surface area contributed by atoms with Gasteiger partial charge in [-0.15, -0.1) is 0 Å². The van der Waals surface area contributed by atoms with Gasteiger partial charge in [-0.1, -0.05) is 0 Å². The number of hydrogen-bond acceptors (Lipinski definition) is 7. The van der Waals surface area contributed by atoms with Gasteiger partial charge in [-0.2, -0.15) is 12.8 Å². The lowest BCUT2D eigenvalue weighted by Gasteiger charge is -2.14. The molecular formula is C10H13FN2O7S.